The van der Waals surface area contributed by atoms with Gasteiger partial charge in [0.2, 0.25) is 0 Å². The second kappa shape index (κ2) is 10.3. The molecule has 2 heterocycles. The third-order valence-electron chi connectivity index (χ3n) is 10.1. The third kappa shape index (κ3) is 3.93. The van der Waals surface area contributed by atoms with Crippen molar-refractivity contribution in [1.82, 2.24) is 4.57 Å². The quantitative estimate of drug-likeness (QED) is 0.182. The van der Waals surface area contributed by atoms with Gasteiger partial charge in [0.15, 0.2) is 0 Å². The maximum atomic E-state index is 5.41. The van der Waals surface area contributed by atoms with Crippen LogP contribution in [0.25, 0.3) is 43.7 Å². The molecule has 5 aromatic carbocycles. The molecule has 0 bridgehead atoms. The normalized spacial score (nSPS) is 18.2. The Kier molecular flexibility index (Phi) is 6.13. The number of rotatable bonds is 4. The minimum atomic E-state index is -0.0693. The number of para-hydroxylation sites is 1. The van der Waals surface area contributed by atoms with Gasteiger partial charge in [-0.3, -0.25) is 9.98 Å². The Morgan fingerprint density at radius 1 is 0.826 bits per heavy atom. The molecule has 1 aliphatic heterocycles. The van der Waals surface area contributed by atoms with Gasteiger partial charge < -0.3 is 4.57 Å². The average Bonchev–Trinajstić information content (AvgIpc) is 3.69. The van der Waals surface area contributed by atoms with E-state index in [1.54, 1.807) is 11.8 Å². The maximum Gasteiger partial charge on any atom is 0.115 e. The summed E-state index contributed by atoms with van der Waals surface area (Å²) >= 11 is 1.76. The van der Waals surface area contributed by atoms with Crippen LogP contribution in [0.3, 0.4) is 0 Å². The lowest BCUT2D eigenvalue weighted by atomic mass is 9.80. The van der Waals surface area contributed by atoms with Crippen LogP contribution in [0.4, 0.5) is 0 Å². The van der Waals surface area contributed by atoms with Crippen molar-refractivity contribution in [2.24, 2.45) is 9.98 Å². The van der Waals surface area contributed by atoms with Crippen LogP contribution >= 0.6 is 11.8 Å². The van der Waals surface area contributed by atoms with Gasteiger partial charge in [0, 0.05) is 26.6 Å². The molecule has 0 fully saturated rings. The fraction of sp³-hybridized carbons (Fsp3) is 0.143. The fourth-order valence-electron chi connectivity index (χ4n) is 7.92. The number of fused-ring (bicyclic) bond motifs is 9. The van der Waals surface area contributed by atoms with Gasteiger partial charge in [0.25, 0.3) is 0 Å². The Morgan fingerprint density at radius 3 is 2.48 bits per heavy atom. The topological polar surface area (TPSA) is 29.6 Å². The van der Waals surface area contributed by atoms with Crippen LogP contribution in [-0.4, -0.2) is 17.0 Å². The predicted octanol–water partition coefficient (Wildman–Crippen LogP) is 11.0. The SMILES string of the molecule is C=N/C(C1=CC=CCC1)=C1/Sc2ccccc2/C1=N/Cn1c2ccccc2c2cc3c4c(ccc3cc21)-c1ccccc1C4(C)C. The van der Waals surface area contributed by atoms with Gasteiger partial charge in [-0.1, -0.05) is 117 Å². The van der Waals surface area contributed by atoms with Crippen molar-refractivity contribution in [1.29, 1.82) is 0 Å². The van der Waals surface area contributed by atoms with Crippen LogP contribution in [0.15, 0.2) is 146 Å². The monoisotopic (exact) mass is 611 g/mol. The smallest absolute Gasteiger partial charge is 0.115 e. The van der Waals surface area contributed by atoms with Crippen molar-refractivity contribution in [2.75, 3.05) is 0 Å². The molecule has 0 saturated heterocycles. The molecule has 3 aliphatic rings. The summed E-state index contributed by atoms with van der Waals surface area (Å²) < 4.78 is 2.39. The lowest BCUT2D eigenvalue weighted by Gasteiger charge is -2.23. The van der Waals surface area contributed by atoms with Gasteiger partial charge in [-0.05, 0) is 82.4 Å². The lowest BCUT2D eigenvalue weighted by molar-refractivity contribution is 0.666. The summed E-state index contributed by atoms with van der Waals surface area (Å²) in [5.41, 5.74) is 12.2. The maximum absolute atomic E-state index is 5.41. The summed E-state index contributed by atoms with van der Waals surface area (Å²) in [4.78, 5) is 12.3. The number of thioether (sulfide) groups is 1. The van der Waals surface area contributed by atoms with Gasteiger partial charge in [0.05, 0.1) is 27.3 Å². The molecule has 6 aromatic rings. The van der Waals surface area contributed by atoms with E-state index in [9.17, 15) is 0 Å². The van der Waals surface area contributed by atoms with E-state index in [1.807, 2.05) is 0 Å². The molecule has 0 saturated carbocycles. The standard InChI is InChI=1S/C42H33N3S/c1-42(2)34-18-10-7-15-28(34)30-22-21-27-23-36-33(24-32(27)38(30)42)29-16-8-11-19-35(29)45(36)25-44-40-31-17-9-12-20-37(31)46-41(40)39(43-3)26-13-5-4-6-14-26/h4-5,7-13,15-24H,3,6,14,25H2,1-2H3/b41-39+,44-40-. The molecule has 0 spiro atoms. The van der Waals surface area contributed by atoms with Gasteiger partial charge in [-0.15, -0.1) is 0 Å². The summed E-state index contributed by atoms with van der Waals surface area (Å²) in [5.74, 6) is 0. The highest BCUT2D eigenvalue weighted by atomic mass is 32.2. The molecule has 0 atom stereocenters. The van der Waals surface area contributed by atoms with Crippen LogP contribution in [0, 0.1) is 0 Å². The van der Waals surface area contributed by atoms with Crippen LogP contribution in [0.5, 0.6) is 0 Å². The number of nitrogens with zero attached hydrogens (tertiary/aromatic N) is 3. The minimum absolute atomic E-state index is 0.0693. The van der Waals surface area contributed by atoms with Gasteiger partial charge in [-0.2, -0.15) is 0 Å². The van der Waals surface area contributed by atoms with Crippen LogP contribution in [0.1, 0.15) is 43.4 Å². The molecule has 4 heteroatoms. The van der Waals surface area contributed by atoms with Crippen molar-refractivity contribution in [3.63, 3.8) is 0 Å². The van der Waals surface area contributed by atoms with Gasteiger partial charge in [-0.25, -0.2) is 0 Å². The Morgan fingerprint density at radius 2 is 1.63 bits per heavy atom. The summed E-state index contributed by atoms with van der Waals surface area (Å²) in [6.07, 6.45) is 8.50. The number of benzene rings is 5. The fourth-order valence-corrected chi connectivity index (χ4v) is 9.13. The van der Waals surface area contributed by atoms with Crippen molar-refractivity contribution < 1.29 is 0 Å². The molecule has 9 rings (SSSR count). The molecule has 0 radical (unpaired) electrons. The Hall–Kier alpha value is -4.93. The largest absolute Gasteiger partial charge is 0.320 e. The zero-order chi connectivity index (χ0) is 31.0. The molecule has 3 nitrogen and oxygen atoms in total. The zero-order valence-corrected chi connectivity index (χ0v) is 26.9. The number of hydrogen-bond donors (Lipinski definition) is 0. The summed E-state index contributed by atoms with van der Waals surface area (Å²) in [7, 11) is 0. The summed E-state index contributed by atoms with van der Waals surface area (Å²) in [5, 5.41) is 5.13. The van der Waals surface area contributed by atoms with Crippen LogP contribution < -0.4 is 0 Å². The second-order valence-electron chi connectivity index (χ2n) is 12.9. The molecule has 2 aliphatic carbocycles. The van der Waals surface area contributed by atoms with E-state index < -0.39 is 0 Å². The van der Waals surface area contributed by atoms with E-state index in [-0.39, 0.29) is 5.41 Å². The lowest BCUT2D eigenvalue weighted by Crippen LogP contribution is -2.15. The summed E-state index contributed by atoms with van der Waals surface area (Å²) in [6, 6.07) is 35.7. The van der Waals surface area contributed by atoms with Crippen LogP contribution in [-0.2, 0) is 12.1 Å². The highest BCUT2D eigenvalue weighted by Gasteiger charge is 2.36. The molecule has 0 N–H and O–H groups in total. The second-order valence-corrected chi connectivity index (χ2v) is 14.0. The van der Waals surface area contributed by atoms with Gasteiger partial charge in [0.1, 0.15) is 6.67 Å². The van der Waals surface area contributed by atoms with Crippen molar-refractivity contribution in [2.45, 2.75) is 43.7 Å². The third-order valence-corrected chi connectivity index (χ3v) is 11.2. The molecule has 222 valence electrons. The minimum Gasteiger partial charge on any atom is -0.320 e. The van der Waals surface area contributed by atoms with E-state index in [2.05, 4.69) is 145 Å². The molecular weight excluding hydrogens is 579 g/mol. The van der Waals surface area contributed by atoms with Crippen molar-refractivity contribution >= 4 is 56.8 Å². The first-order chi connectivity index (χ1) is 22.5. The average molecular weight is 612 g/mol. The molecule has 0 amide bonds. The first-order valence-electron chi connectivity index (χ1n) is 16.0. The Balaban J connectivity index is 1.24. The first-order valence-corrected chi connectivity index (χ1v) is 16.8. The summed E-state index contributed by atoms with van der Waals surface area (Å²) in [6.45, 7) is 9.25. The van der Waals surface area contributed by atoms with Crippen molar-refractivity contribution in [3.8, 4) is 11.1 Å². The molecule has 46 heavy (non-hydrogen) atoms. The predicted molar refractivity (Wildman–Crippen MR) is 196 cm³/mol. The van der Waals surface area contributed by atoms with Crippen LogP contribution in [0.2, 0.25) is 0 Å². The number of aliphatic imine (C=N–C) groups is 2. The highest BCUT2D eigenvalue weighted by Crippen LogP contribution is 2.52. The Labute approximate surface area is 273 Å². The number of aromatic nitrogens is 1. The Bertz CT molecular complexity index is 2410. The first kappa shape index (κ1) is 27.4. The molecular formula is C42H33N3S. The molecule has 1 aromatic heterocycles. The van der Waals surface area contributed by atoms with E-state index >= 15 is 0 Å². The van der Waals surface area contributed by atoms with E-state index in [1.165, 1.54) is 70.9 Å². The number of hydrogen-bond acceptors (Lipinski definition) is 3. The highest BCUT2D eigenvalue weighted by molar-refractivity contribution is 8.04. The van der Waals surface area contributed by atoms with Gasteiger partial charge >= 0.3 is 0 Å². The molecule has 0 unspecified atom stereocenters. The van der Waals surface area contributed by atoms with E-state index in [0.29, 0.717) is 6.67 Å². The van der Waals surface area contributed by atoms with E-state index in [4.69, 9.17) is 4.99 Å². The van der Waals surface area contributed by atoms with E-state index in [0.717, 1.165) is 29.2 Å². The zero-order valence-electron chi connectivity index (χ0n) is 26.0. The van der Waals surface area contributed by atoms with Crippen molar-refractivity contribution in [3.05, 3.63) is 148 Å². The number of allylic oxidation sites excluding steroid dienone is 5.